The zero-order valence-electron chi connectivity index (χ0n) is 11.6. The van der Waals surface area contributed by atoms with Crippen LogP contribution in [0.5, 0.6) is 5.75 Å². The summed E-state index contributed by atoms with van der Waals surface area (Å²) < 4.78 is 5.45. The van der Waals surface area contributed by atoms with Crippen LogP contribution in [0.1, 0.15) is 6.92 Å². The third kappa shape index (κ3) is 2.87. The molecule has 0 saturated heterocycles. The molecule has 4 nitrogen and oxygen atoms in total. The molecule has 0 amide bonds. The number of rotatable bonds is 4. The fraction of sp³-hybridized carbons (Fsp3) is 0.125. The van der Waals surface area contributed by atoms with Crippen LogP contribution < -0.4 is 10.5 Å². The predicted molar refractivity (Wildman–Crippen MR) is 86.4 cm³/mol. The third-order valence-electron chi connectivity index (χ3n) is 2.99. The lowest BCUT2D eigenvalue weighted by atomic mass is 10.2. The van der Waals surface area contributed by atoms with Crippen LogP contribution in [-0.2, 0) is 0 Å². The Kier molecular flexibility index (Phi) is 3.83. The third-order valence-corrected chi connectivity index (χ3v) is 3.88. The predicted octanol–water partition coefficient (Wildman–Crippen LogP) is 3.85. The number of pyridine rings is 1. The van der Waals surface area contributed by atoms with Crippen molar-refractivity contribution < 1.29 is 4.74 Å². The molecule has 0 unspecified atom stereocenters. The maximum absolute atomic E-state index is 6.00. The monoisotopic (exact) mass is 297 g/mol. The lowest BCUT2D eigenvalue weighted by molar-refractivity contribution is 0.342. The first kappa shape index (κ1) is 13.6. The summed E-state index contributed by atoms with van der Waals surface area (Å²) in [6.07, 6.45) is 1.77. The van der Waals surface area contributed by atoms with Crippen LogP contribution in [0.4, 0.5) is 5.69 Å². The number of anilines is 1. The normalized spacial score (nSPS) is 10.5. The quantitative estimate of drug-likeness (QED) is 0.743. The van der Waals surface area contributed by atoms with Gasteiger partial charge in [-0.1, -0.05) is 6.07 Å². The standard InChI is InChI=1S/C16H15N3OS/c1-2-20-15-7-6-11(9-12(15)17)16-19-14(10-21-16)13-5-3-4-8-18-13/h3-10H,2,17H2,1H3. The largest absolute Gasteiger partial charge is 0.492 e. The van der Waals surface area contributed by atoms with Crippen molar-refractivity contribution in [3.63, 3.8) is 0 Å². The molecule has 0 fully saturated rings. The van der Waals surface area contributed by atoms with Crippen LogP contribution in [-0.4, -0.2) is 16.6 Å². The van der Waals surface area contributed by atoms with Gasteiger partial charge in [0, 0.05) is 17.1 Å². The van der Waals surface area contributed by atoms with E-state index in [1.807, 2.05) is 48.7 Å². The molecule has 0 atom stereocenters. The molecule has 0 bridgehead atoms. The highest BCUT2D eigenvalue weighted by Gasteiger charge is 2.09. The summed E-state index contributed by atoms with van der Waals surface area (Å²) in [5, 5.41) is 2.93. The molecule has 0 saturated carbocycles. The van der Waals surface area contributed by atoms with E-state index in [9.17, 15) is 0 Å². The molecule has 5 heteroatoms. The van der Waals surface area contributed by atoms with Gasteiger partial charge in [-0.3, -0.25) is 4.98 Å². The van der Waals surface area contributed by atoms with Gasteiger partial charge in [0.05, 0.1) is 18.0 Å². The Morgan fingerprint density at radius 1 is 1.19 bits per heavy atom. The molecule has 1 aromatic carbocycles. The molecule has 2 N–H and O–H groups in total. The molecule has 3 aromatic rings. The van der Waals surface area contributed by atoms with Crippen LogP contribution in [0.25, 0.3) is 22.0 Å². The maximum Gasteiger partial charge on any atom is 0.142 e. The first-order valence-electron chi connectivity index (χ1n) is 6.67. The van der Waals surface area contributed by atoms with Gasteiger partial charge in [-0.15, -0.1) is 11.3 Å². The number of nitrogen functional groups attached to an aromatic ring is 1. The van der Waals surface area contributed by atoms with E-state index in [1.54, 1.807) is 17.5 Å². The molecule has 2 aromatic heterocycles. The Morgan fingerprint density at radius 3 is 2.81 bits per heavy atom. The molecule has 21 heavy (non-hydrogen) atoms. The van der Waals surface area contributed by atoms with E-state index in [2.05, 4.69) is 9.97 Å². The maximum atomic E-state index is 6.00. The number of hydrogen-bond acceptors (Lipinski definition) is 5. The highest BCUT2D eigenvalue weighted by molar-refractivity contribution is 7.13. The number of aromatic nitrogens is 2. The Morgan fingerprint density at radius 2 is 2.10 bits per heavy atom. The van der Waals surface area contributed by atoms with Gasteiger partial charge in [0.25, 0.3) is 0 Å². The summed E-state index contributed by atoms with van der Waals surface area (Å²) in [5.41, 5.74) is 9.37. The van der Waals surface area contributed by atoms with Crippen molar-refractivity contribution in [2.24, 2.45) is 0 Å². The van der Waals surface area contributed by atoms with Crippen LogP contribution in [0.3, 0.4) is 0 Å². The molecule has 0 aliphatic carbocycles. The minimum atomic E-state index is 0.602. The second-order valence-electron chi connectivity index (χ2n) is 4.44. The Bertz CT molecular complexity index is 740. The van der Waals surface area contributed by atoms with E-state index in [-0.39, 0.29) is 0 Å². The van der Waals surface area contributed by atoms with E-state index in [1.165, 1.54) is 0 Å². The average molecular weight is 297 g/mol. The molecule has 0 aliphatic rings. The van der Waals surface area contributed by atoms with Crippen molar-refractivity contribution in [1.29, 1.82) is 0 Å². The first-order valence-corrected chi connectivity index (χ1v) is 7.55. The van der Waals surface area contributed by atoms with Gasteiger partial charge in [0.15, 0.2) is 0 Å². The summed E-state index contributed by atoms with van der Waals surface area (Å²) in [5.74, 6) is 0.711. The summed E-state index contributed by atoms with van der Waals surface area (Å²) >= 11 is 1.58. The van der Waals surface area contributed by atoms with E-state index < -0.39 is 0 Å². The van der Waals surface area contributed by atoms with Crippen molar-refractivity contribution in [3.05, 3.63) is 48.0 Å². The van der Waals surface area contributed by atoms with Crippen molar-refractivity contribution in [2.75, 3.05) is 12.3 Å². The number of ether oxygens (including phenoxy) is 1. The molecule has 2 heterocycles. The average Bonchev–Trinajstić information content (AvgIpc) is 3.00. The first-order chi connectivity index (χ1) is 10.3. The van der Waals surface area contributed by atoms with Crippen LogP contribution in [0.15, 0.2) is 48.0 Å². The summed E-state index contributed by atoms with van der Waals surface area (Å²) in [6, 6.07) is 11.6. The number of nitrogens with two attached hydrogens (primary N) is 1. The molecule has 0 aliphatic heterocycles. The smallest absolute Gasteiger partial charge is 0.142 e. The second kappa shape index (κ2) is 5.93. The minimum absolute atomic E-state index is 0.602. The lowest BCUT2D eigenvalue weighted by Crippen LogP contribution is -1.96. The van der Waals surface area contributed by atoms with Gasteiger partial charge in [-0.05, 0) is 37.3 Å². The topological polar surface area (TPSA) is 61.0 Å². The highest BCUT2D eigenvalue weighted by atomic mass is 32.1. The van der Waals surface area contributed by atoms with E-state index in [0.29, 0.717) is 18.0 Å². The van der Waals surface area contributed by atoms with Gasteiger partial charge in [-0.2, -0.15) is 0 Å². The van der Waals surface area contributed by atoms with E-state index in [0.717, 1.165) is 22.0 Å². The number of hydrogen-bond donors (Lipinski definition) is 1. The van der Waals surface area contributed by atoms with Gasteiger partial charge in [0.1, 0.15) is 16.5 Å². The molecular weight excluding hydrogens is 282 g/mol. The van der Waals surface area contributed by atoms with Gasteiger partial charge in [0.2, 0.25) is 0 Å². The Balaban J connectivity index is 1.91. The number of benzene rings is 1. The summed E-state index contributed by atoms with van der Waals surface area (Å²) in [7, 11) is 0. The summed E-state index contributed by atoms with van der Waals surface area (Å²) in [6.45, 7) is 2.54. The zero-order chi connectivity index (χ0) is 14.7. The van der Waals surface area contributed by atoms with Crippen LogP contribution in [0.2, 0.25) is 0 Å². The van der Waals surface area contributed by atoms with Crippen molar-refractivity contribution in [3.8, 4) is 27.7 Å². The SMILES string of the molecule is CCOc1ccc(-c2nc(-c3ccccn3)cs2)cc1N. The number of nitrogens with zero attached hydrogens (tertiary/aromatic N) is 2. The van der Waals surface area contributed by atoms with Crippen molar-refractivity contribution in [2.45, 2.75) is 6.92 Å². The lowest BCUT2D eigenvalue weighted by Gasteiger charge is -2.07. The molecule has 106 valence electrons. The van der Waals surface area contributed by atoms with Crippen LogP contribution in [0, 0.1) is 0 Å². The fourth-order valence-electron chi connectivity index (χ4n) is 2.01. The van der Waals surface area contributed by atoms with Gasteiger partial charge < -0.3 is 10.5 Å². The molecule has 3 rings (SSSR count). The van der Waals surface area contributed by atoms with Gasteiger partial charge >= 0.3 is 0 Å². The molecule has 0 spiro atoms. The summed E-state index contributed by atoms with van der Waals surface area (Å²) in [4.78, 5) is 8.94. The van der Waals surface area contributed by atoms with E-state index >= 15 is 0 Å². The molecular formula is C16H15N3OS. The Labute approximate surface area is 127 Å². The van der Waals surface area contributed by atoms with Crippen molar-refractivity contribution in [1.82, 2.24) is 9.97 Å². The number of thiazole rings is 1. The minimum Gasteiger partial charge on any atom is -0.492 e. The fourth-order valence-corrected chi connectivity index (χ4v) is 2.82. The Hall–Kier alpha value is -2.40. The zero-order valence-corrected chi connectivity index (χ0v) is 12.4. The second-order valence-corrected chi connectivity index (χ2v) is 5.30. The molecule has 0 radical (unpaired) electrons. The van der Waals surface area contributed by atoms with E-state index in [4.69, 9.17) is 10.5 Å². The van der Waals surface area contributed by atoms with Crippen molar-refractivity contribution >= 4 is 17.0 Å². The van der Waals surface area contributed by atoms with Crippen LogP contribution >= 0.6 is 11.3 Å². The van der Waals surface area contributed by atoms with Gasteiger partial charge in [-0.25, -0.2) is 4.98 Å². The highest BCUT2D eigenvalue weighted by Crippen LogP contribution is 2.32.